The Hall–Kier alpha value is -0.120. The van der Waals surface area contributed by atoms with Gasteiger partial charge in [0.25, 0.3) is 0 Å². The van der Waals surface area contributed by atoms with Crippen molar-refractivity contribution in [3.05, 3.63) is 0 Å². The average molecular weight is 485 g/mol. The molecular weight excluding hydrogens is 420 g/mol. The smallest absolute Gasteiger partial charge is 0.116 e. The molecule has 0 spiro atoms. The van der Waals surface area contributed by atoms with E-state index in [1.807, 2.05) is 0 Å². The fourth-order valence-electron chi connectivity index (χ4n) is 5.19. The minimum absolute atomic E-state index is 0.523. The molecule has 0 aromatic heterocycles. The van der Waals surface area contributed by atoms with Gasteiger partial charge in [-0.1, -0.05) is 162 Å². The molecule has 3 nitrogen and oxygen atoms in total. The predicted octanol–water partition coefficient (Wildman–Crippen LogP) is 9.25. The van der Waals surface area contributed by atoms with Crippen LogP contribution in [0.2, 0.25) is 0 Å². The first-order valence-corrected chi connectivity index (χ1v) is 15.6. The van der Waals surface area contributed by atoms with Crippen LogP contribution in [0.1, 0.15) is 181 Å². The van der Waals surface area contributed by atoms with Crippen molar-refractivity contribution in [2.45, 2.75) is 199 Å². The summed E-state index contributed by atoms with van der Waals surface area (Å²) in [5.41, 5.74) is -1.34. The summed E-state index contributed by atoms with van der Waals surface area (Å²) in [6.45, 7) is 6.72. The highest BCUT2D eigenvalue weighted by Crippen LogP contribution is 2.30. The Bertz CT molecular complexity index is 400. The highest BCUT2D eigenvalue weighted by Gasteiger charge is 2.41. The minimum atomic E-state index is -1.34. The molecule has 0 aromatic carbocycles. The first-order valence-electron chi connectivity index (χ1n) is 15.6. The Labute approximate surface area is 214 Å². The van der Waals surface area contributed by atoms with Gasteiger partial charge >= 0.3 is 0 Å². The van der Waals surface area contributed by atoms with Crippen molar-refractivity contribution in [2.24, 2.45) is 0 Å². The molecule has 0 heterocycles. The van der Waals surface area contributed by atoms with Crippen LogP contribution in [0, 0.1) is 0 Å². The molecule has 0 aliphatic carbocycles. The van der Waals surface area contributed by atoms with Crippen molar-refractivity contribution >= 4 is 0 Å². The summed E-state index contributed by atoms with van der Waals surface area (Å²) in [5.74, 6) is 0. The third-order valence-electron chi connectivity index (χ3n) is 7.75. The van der Waals surface area contributed by atoms with E-state index in [1.165, 1.54) is 103 Å². The molecular formula is C31H64O3. The van der Waals surface area contributed by atoms with Crippen LogP contribution in [0.3, 0.4) is 0 Å². The first kappa shape index (κ1) is 33.9. The second-order valence-corrected chi connectivity index (χ2v) is 11.1. The van der Waals surface area contributed by atoms with E-state index >= 15 is 0 Å². The van der Waals surface area contributed by atoms with Crippen molar-refractivity contribution in [3.8, 4) is 0 Å². The number of unbranched alkanes of at least 4 members (excludes halogenated alkanes) is 19. The summed E-state index contributed by atoms with van der Waals surface area (Å²) >= 11 is 0. The van der Waals surface area contributed by atoms with Gasteiger partial charge in [-0.2, -0.15) is 0 Å². The highest BCUT2D eigenvalue weighted by molar-refractivity contribution is 4.93. The van der Waals surface area contributed by atoms with Crippen molar-refractivity contribution in [1.82, 2.24) is 0 Å². The largest absolute Gasteiger partial charge is 0.390 e. The van der Waals surface area contributed by atoms with Crippen LogP contribution < -0.4 is 0 Å². The number of aliphatic hydroxyl groups is 3. The van der Waals surface area contributed by atoms with E-state index in [0.29, 0.717) is 19.3 Å². The average Bonchev–Trinajstić information content (AvgIpc) is 2.84. The van der Waals surface area contributed by atoms with E-state index in [-0.39, 0.29) is 0 Å². The molecule has 0 fully saturated rings. The van der Waals surface area contributed by atoms with Gasteiger partial charge in [0.2, 0.25) is 0 Å². The summed E-state index contributed by atoms with van der Waals surface area (Å²) < 4.78 is 0. The van der Waals surface area contributed by atoms with E-state index in [9.17, 15) is 15.3 Å². The van der Waals surface area contributed by atoms with Gasteiger partial charge in [0.1, 0.15) is 5.60 Å². The Balaban J connectivity index is 4.40. The van der Waals surface area contributed by atoms with Gasteiger partial charge < -0.3 is 15.3 Å². The van der Waals surface area contributed by atoms with Crippen LogP contribution in [-0.4, -0.2) is 33.1 Å². The van der Waals surface area contributed by atoms with Gasteiger partial charge in [-0.15, -0.1) is 0 Å². The molecule has 206 valence electrons. The molecule has 0 rings (SSSR count). The Kier molecular flexibility index (Phi) is 24.5. The zero-order valence-electron chi connectivity index (χ0n) is 23.7. The zero-order chi connectivity index (χ0) is 25.3. The standard InChI is InChI=1S/C31H64O3/c1-4-7-10-13-16-17-19-21-24-27-30(33)31(34,28-25-22-15-12-9-6-3)29(32)26-23-20-18-14-11-8-5-2/h29-30,32-34H,4-28H2,1-3H3. The molecule has 0 amide bonds. The topological polar surface area (TPSA) is 60.7 Å². The van der Waals surface area contributed by atoms with Crippen molar-refractivity contribution in [2.75, 3.05) is 0 Å². The third kappa shape index (κ3) is 18.2. The zero-order valence-corrected chi connectivity index (χ0v) is 23.7. The first-order chi connectivity index (χ1) is 16.5. The fraction of sp³-hybridized carbons (Fsp3) is 1.00. The van der Waals surface area contributed by atoms with Gasteiger partial charge in [0.15, 0.2) is 0 Å². The number of hydrogen-bond acceptors (Lipinski definition) is 3. The number of rotatable bonds is 27. The fourth-order valence-corrected chi connectivity index (χ4v) is 5.19. The molecule has 3 heteroatoms. The Morgan fingerprint density at radius 2 is 0.676 bits per heavy atom. The van der Waals surface area contributed by atoms with Crippen LogP contribution >= 0.6 is 0 Å². The van der Waals surface area contributed by atoms with E-state index in [0.717, 1.165) is 38.5 Å². The maximum absolute atomic E-state index is 11.4. The van der Waals surface area contributed by atoms with E-state index in [2.05, 4.69) is 20.8 Å². The molecule has 0 aliphatic heterocycles. The maximum atomic E-state index is 11.4. The van der Waals surface area contributed by atoms with Gasteiger partial charge in [-0.25, -0.2) is 0 Å². The summed E-state index contributed by atoms with van der Waals surface area (Å²) in [7, 11) is 0. The molecule has 0 aliphatic rings. The van der Waals surface area contributed by atoms with Gasteiger partial charge in [0, 0.05) is 0 Å². The lowest BCUT2D eigenvalue weighted by molar-refractivity contribution is -0.156. The van der Waals surface area contributed by atoms with Crippen LogP contribution in [0.4, 0.5) is 0 Å². The third-order valence-corrected chi connectivity index (χ3v) is 7.75. The van der Waals surface area contributed by atoms with Crippen molar-refractivity contribution in [3.63, 3.8) is 0 Å². The lowest BCUT2D eigenvalue weighted by atomic mass is 9.80. The predicted molar refractivity (Wildman–Crippen MR) is 149 cm³/mol. The van der Waals surface area contributed by atoms with E-state index < -0.39 is 17.8 Å². The summed E-state index contributed by atoms with van der Waals surface area (Å²) in [6, 6.07) is 0. The molecule has 3 atom stereocenters. The lowest BCUT2D eigenvalue weighted by Crippen LogP contribution is -2.52. The number of hydrogen-bond donors (Lipinski definition) is 3. The summed E-state index contributed by atoms with van der Waals surface area (Å²) in [4.78, 5) is 0. The molecule has 3 N–H and O–H groups in total. The Morgan fingerprint density at radius 1 is 0.412 bits per heavy atom. The molecule has 0 bridgehead atoms. The number of aliphatic hydroxyl groups excluding tert-OH is 2. The van der Waals surface area contributed by atoms with E-state index in [1.54, 1.807) is 0 Å². The SMILES string of the molecule is CCCCCCCCCCCC(O)C(O)(CCCCCCCC)C(O)CCCCCCCCC. The monoisotopic (exact) mass is 484 g/mol. The van der Waals surface area contributed by atoms with Gasteiger partial charge in [-0.05, 0) is 19.3 Å². The molecule has 3 unspecified atom stereocenters. The van der Waals surface area contributed by atoms with Crippen LogP contribution in [0.25, 0.3) is 0 Å². The molecule has 34 heavy (non-hydrogen) atoms. The summed E-state index contributed by atoms with van der Waals surface area (Å²) in [6.07, 6.45) is 26.7. The second kappa shape index (κ2) is 24.6. The molecule has 0 saturated carbocycles. The van der Waals surface area contributed by atoms with Crippen molar-refractivity contribution in [1.29, 1.82) is 0 Å². The Morgan fingerprint density at radius 3 is 1.00 bits per heavy atom. The van der Waals surface area contributed by atoms with E-state index in [4.69, 9.17) is 0 Å². The minimum Gasteiger partial charge on any atom is -0.390 e. The maximum Gasteiger partial charge on any atom is 0.116 e. The lowest BCUT2D eigenvalue weighted by Gasteiger charge is -2.38. The molecule has 0 radical (unpaired) electrons. The summed E-state index contributed by atoms with van der Waals surface area (Å²) in [5, 5.41) is 33.4. The van der Waals surface area contributed by atoms with Crippen LogP contribution in [0.5, 0.6) is 0 Å². The van der Waals surface area contributed by atoms with Gasteiger partial charge in [-0.3, -0.25) is 0 Å². The highest BCUT2D eigenvalue weighted by atomic mass is 16.4. The van der Waals surface area contributed by atoms with Crippen LogP contribution in [0.15, 0.2) is 0 Å². The second-order valence-electron chi connectivity index (χ2n) is 11.1. The quantitative estimate of drug-likeness (QED) is 0.102. The van der Waals surface area contributed by atoms with Gasteiger partial charge in [0.05, 0.1) is 12.2 Å². The molecule has 0 saturated heterocycles. The molecule has 0 aromatic rings. The van der Waals surface area contributed by atoms with Crippen LogP contribution in [-0.2, 0) is 0 Å². The van der Waals surface area contributed by atoms with Crippen molar-refractivity contribution < 1.29 is 15.3 Å². The normalized spacial score (nSPS) is 15.4.